The van der Waals surface area contributed by atoms with E-state index in [0.717, 1.165) is 30.7 Å². The largest absolute Gasteiger partial charge is 0.489 e. The highest BCUT2D eigenvalue weighted by molar-refractivity contribution is 5.30. The van der Waals surface area contributed by atoms with E-state index in [4.69, 9.17) is 10.5 Å². The van der Waals surface area contributed by atoms with Crippen LogP contribution in [0.5, 0.6) is 5.75 Å². The first-order valence-corrected chi connectivity index (χ1v) is 9.38. The summed E-state index contributed by atoms with van der Waals surface area (Å²) in [6.07, 6.45) is 1.26. The van der Waals surface area contributed by atoms with E-state index in [0.29, 0.717) is 19.2 Å². The third-order valence-electron chi connectivity index (χ3n) is 5.54. The zero-order valence-corrected chi connectivity index (χ0v) is 15.4. The second-order valence-electron chi connectivity index (χ2n) is 7.33. The molecule has 2 aromatic rings. The lowest BCUT2D eigenvalue weighted by molar-refractivity contribution is 0.0983. The predicted octanol–water partition coefficient (Wildman–Crippen LogP) is 4.24. The second-order valence-corrected chi connectivity index (χ2v) is 7.33. The molecule has 2 aromatic carbocycles. The van der Waals surface area contributed by atoms with Crippen LogP contribution >= 0.6 is 0 Å². The minimum atomic E-state index is 0.304. The molecule has 134 valence electrons. The molecule has 1 aliphatic heterocycles. The molecule has 0 bridgehead atoms. The number of benzene rings is 2. The van der Waals surface area contributed by atoms with Crippen molar-refractivity contribution in [3.63, 3.8) is 0 Å². The smallest absolute Gasteiger partial charge is 0.119 e. The summed E-state index contributed by atoms with van der Waals surface area (Å²) in [6, 6.07) is 19.0. The van der Waals surface area contributed by atoms with Gasteiger partial charge in [-0.05, 0) is 48.1 Å². The number of ether oxygens (including phenoxy) is 1. The lowest BCUT2D eigenvalue weighted by Crippen LogP contribution is -2.43. The van der Waals surface area contributed by atoms with Crippen LogP contribution in [-0.2, 0) is 6.61 Å². The van der Waals surface area contributed by atoms with Gasteiger partial charge in [-0.3, -0.25) is 4.90 Å². The van der Waals surface area contributed by atoms with Gasteiger partial charge in [-0.2, -0.15) is 0 Å². The topological polar surface area (TPSA) is 38.5 Å². The third kappa shape index (κ3) is 4.62. The van der Waals surface area contributed by atoms with E-state index in [2.05, 4.69) is 55.1 Å². The molecule has 0 amide bonds. The summed E-state index contributed by atoms with van der Waals surface area (Å²) in [7, 11) is 0. The van der Waals surface area contributed by atoms with Gasteiger partial charge in [0.25, 0.3) is 0 Å². The summed E-state index contributed by atoms with van der Waals surface area (Å²) in [5.74, 6) is 2.45. The lowest BCUT2D eigenvalue weighted by Gasteiger charge is -2.40. The molecule has 3 heteroatoms. The molecule has 0 aromatic heterocycles. The Morgan fingerprint density at radius 2 is 1.76 bits per heavy atom. The fourth-order valence-electron chi connectivity index (χ4n) is 3.60. The Hall–Kier alpha value is -1.84. The van der Waals surface area contributed by atoms with Crippen LogP contribution in [0.25, 0.3) is 0 Å². The van der Waals surface area contributed by atoms with Crippen LogP contribution in [0.1, 0.15) is 37.4 Å². The number of nitrogens with zero attached hydrogens (tertiary/aromatic N) is 1. The van der Waals surface area contributed by atoms with Gasteiger partial charge < -0.3 is 10.5 Å². The summed E-state index contributed by atoms with van der Waals surface area (Å²) in [5, 5.41) is 0. The Morgan fingerprint density at radius 3 is 2.40 bits per heavy atom. The highest BCUT2D eigenvalue weighted by atomic mass is 16.5. The summed E-state index contributed by atoms with van der Waals surface area (Å²) in [5.41, 5.74) is 8.59. The molecule has 0 aliphatic carbocycles. The third-order valence-corrected chi connectivity index (χ3v) is 5.54. The molecule has 0 saturated carbocycles. The number of hydrogen-bond donors (Lipinski definition) is 1. The van der Waals surface area contributed by atoms with Crippen molar-refractivity contribution >= 4 is 0 Å². The molecule has 0 radical (unpaired) electrons. The molecule has 25 heavy (non-hydrogen) atoms. The fourth-order valence-corrected chi connectivity index (χ4v) is 3.60. The average molecular weight is 338 g/mol. The Kier molecular flexibility index (Phi) is 6.11. The molecule has 1 saturated heterocycles. The first-order chi connectivity index (χ1) is 12.2. The fraction of sp³-hybridized carbons (Fsp3) is 0.455. The van der Waals surface area contributed by atoms with Gasteiger partial charge in [-0.15, -0.1) is 0 Å². The van der Waals surface area contributed by atoms with E-state index in [9.17, 15) is 0 Å². The molecule has 3 atom stereocenters. The van der Waals surface area contributed by atoms with E-state index < -0.39 is 0 Å². The van der Waals surface area contributed by atoms with Crippen LogP contribution in [-0.4, -0.2) is 24.5 Å². The van der Waals surface area contributed by atoms with Crippen molar-refractivity contribution in [2.24, 2.45) is 17.6 Å². The van der Waals surface area contributed by atoms with Gasteiger partial charge >= 0.3 is 0 Å². The Labute approximate surface area is 151 Å². The van der Waals surface area contributed by atoms with Crippen LogP contribution in [0, 0.1) is 11.8 Å². The van der Waals surface area contributed by atoms with Crippen LogP contribution < -0.4 is 10.5 Å². The number of rotatable bonds is 6. The summed E-state index contributed by atoms with van der Waals surface area (Å²) in [4.78, 5) is 2.55. The molecule has 1 aliphatic rings. The SMILES string of the molecule is CC1CCN(C(CN)c2ccc(OCc3ccccc3)cc2)CC1C. The molecular formula is C22H30N2O. The van der Waals surface area contributed by atoms with Crippen molar-refractivity contribution in [3.8, 4) is 5.75 Å². The molecule has 2 N–H and O–H groups in total. The average Bonchev–Trinajstić information content (AvgIpc) is 2.65. The standard InChI is InChI=1S/C22H30N2O/c1-17-12-13-24(15-18(17)2)22(14-23)20-8-10-21(11-9-20)25-16-19-6-4-3-5-7-19/h3-11,17-18,22H,12-16,23H2,1-2H3. The van der Waals surface area contributed by atoms with E-state index in [-0.39, 0.29) is 0 Å². The van der Waals surface area contributed by atoms with E-state index >= 15 is 0 Å². The monoisotopic (exact) mass is 338 g/mol. The van der Waals surface area contributed by atoms with Crippen molar-refractivity contribution in [1.82, 2.24) is 4.90 Å². The Bertz CT molecular complexity index is 641. The van der Waals surface area contributed by atoms with Crippen molar-refractivity contribution in [3.05, 3.63) is 65.7 Å². The van der Waals surface area contributed by atoms with Gasteiger partial charge in [0.1, 0.15) is 12.4 Å². The summed E-state index contributed by atoms with van der Waals surface area (Å²) >= 11 is 0. The number of hydrogen-bond acceptors (Lipinski definition) is 3. The number of piperidine rings is 1. The van der Waals surface area contributed by atoms with Gasteiger partial charge in [-0.25, -0.2) is 0 Å². The lowest BCUT2D eigenvalue weighted by atomic mass is 9.87. The normalized spacial score (nSPS) is 22.5. The highest BCUT2D eigenvalue weighted by Gasteiger charge is 2.27. The molecule has 1 heterocycles. The first-order valence-electron chi connectivity index (χ1n) is 9.38. The minimum Gasteiger partial charge on any atom is -0.489 e. The van der Waals surface area contributed by atoms with Crippen molar-refractivity contribution in [2.75, 3.05) is 19.6 Å². The van der Waals surface area contributed by atoms with Crippen LogP contribution in [0.3, 0.4) is 0 Å². The maximum Gasteiger partial charge on any atom is 0.119 e. The van der Waals surface area contributed by atoms with Gasteiger partial charge in [0.2, 0.25) is 0 Å². The number of likely N-dealkylation sites (tertiary alicyclic amines) is 1. The van der Waals surface area contributed by atoms with Gasteiger partial charge in [0.15, 0.2) is 0 Å². The highest BCUT2D eigenvalue weighted by Crippen LogP contribution is 2.30. The Morgan fingerprint density at radius 1 is 1.04 bits per heavy atom. The van der Waals surface area contributed by atoms with E-state index in [1.54, 1.807) is 0 Å². The predicted molar refractivity (Wildman–Crippen MR) is 104 cm³/mol. The second kappa shape index (κ2) is 8.50. The van der Waals surface area contributed by atoms with Gasteiger partial charge in [0, 0.05) is 19.1 Å². The summed E-state index contributed by atoms with van der Waals surface area (Å²) < 4.78 is 5.89. The Balaban J connectivity index is 1.62. The molecule has 1 fully saturated rings. The molecule has 3 unspecified atom stereocenters. The van der Waals surface area contributed by atoms with Crippen molar-refractivity contribution < 1.29 is 4.74 Å². The van der Waals surface area contributed by atoms with Crippen LogP contribution in [0.2, 0.25) is 0 Å². The number of nitrogens with two attached hydrogens (primary N) is 1. The molecule has 3 nitrogen and oxygen atoms in total. The van der Waals surface area contributed by atoms with E-state index in [1.165, 1.54) is 17.5 Å². The van der Waals surface area contributed by atoms with Crippen molar-refractivity contribution in [2.45, 2.75) is 32.9 Å². The maximum atomic E-state index is 6.12. The van der Waals surface area contributed by atoms with Gasteiger partial charge in [0.05, 0.1) is 0 Å². The minimum absolute atomic E-state index is 0.304. The van der Waals surface area contributed by atoms with Crippen molar-refractivity contribution in [1.29, 1.82) is 0 Å². The zero-order chi connectivity index (χ0) is 17.6. The van der Waals surface area contributed by atoms with E-state index in [1.807, 2.05) is 18.2 Å². The zero-order valence-electron chi connectivity index (χ0n) is 15.4. The molecule has 3 rings (SSSR count). The summed E-state index contributed by atoms with van der Waals surface area (Å²) in [6.45, 7) is 8.24. The first kappa shape index (κ1) is 18.0. The quantitative estimate of drug-likeness (QED) is 0.856. The van der Waals surface area contributed by atoms with Gasteiger partial charge in [-0.1, -0.05) is 56.3 Å². The maximum absolute atomic E-state index is 6.12. The molecule has 0 spiro atoms. The van der Waals surface area contributed by atoms with Crippen LogP contribution in [0.4, 0.5) is 0 Å². The van der Waals surface area contributed by atoms with Crippen LogP contribution in [0.15, 0.2) is 54.6 Å². The molecular weight excluding hydrogens is 308 g/mol.